The molecule has 1 unspecified atom stereocenters. The summed E-state index contributed by atoms with van der Waals surface area (Å²) in [5.41, 5.74) is 0. The zero-order valence-electron chi connectivity index (χ0n) is 11.0. The van der Waals surface area contributed by atoms with Gasteiger partial charge in [0.05, 0.1) is 0 Å². The Bertz CT molecular complexity index is 129. The van der Waals surface area contributed by atoms with Crippen LogP contribution in [0.25, 0.3) is 0 Å². The van der Waals surface area contributed by atoms with E-state index in [-0.39, 0.29) is 0 Å². The molecule has 0 aliphatic rings. The molecule has 0 aliphatic carbocycles. The molecule has 0 spiro atoms. The summed E-state index contributed by atoms with van der Waals surface area (Å²) in [6, 6.07) is 0.746. The van der Waals surface area contributed by atoms with Gasteiger partial charge in [-0.15, -0.1) is 0 Å². The van der Waals surface area contributed by atoms with Crippen LogP contribution in [-0.4, -0.2) is 24.0 Å². The van der Waals surface area contributed by atoms with Crippen molar-refractivity contribution in [3.8, 4) is 0 Å². The van der Waals surface area contributed by atoms with Gasteiger partial charge in [0, 0.05) is 12.6 Å². The Morgan fingerprint density at radius 3 is 1.86 bits per heavy atom. The summed E-state index contributed by atoms with van der Waals surface area (Å²) in [6.45, 7) is 16.4. The molecule has 0 aromatic carbocycles. The van der Waals surface area contributed by atoms with Gasteiger partial charge in [0.2, 0.25) is 0 Å². The Morgan fingerprint density at radius 2 is 1.50 bits per heavy atom. The van der Waals surface area contributed by atoms with Crippen LogP contribution >= 0.6 is 0 Å². The van der Waals surface area contributed by atoms with Gasteiger partial charge >= 0.3 is 0 Å². The Hall–Kier alpha value is -0.0400. The summed E-state index contributed by atoms with van der Waals surface area (Å²) >= 11 is 0. The quantitative estimate of drug-likeness (QED) is 0.603. The maximum atomic E-state index is 2.64. The van der Waals surface area contributed by atoms with Gasteiger partial charge in [0.1, 0.15) is 0 Å². The van der Waals surface area contributed by atoms with E-state index in [0.29, 0.717) is 0 Å². The van der Waals surface area contributed by atoms with Crippen LogP contribution in [0.3, 0.4) is 0 Å². The fourth-order valence-corrected chi connectivity index (χ4v) is 1.64. The maximum Gasteiger partial charge on any atom is 0.00644 e. The minimum absolute atomic E-state index is 0.746. The van der Waals surface area contributed by atoms with Crippen molar-refractivity contribution in [2.75, 3.05) is 13.1 Å². The number of hydrogen-bond donors (Lipinski definition) is 0. The van der Waals surface area contributed by atoms with Crippen molar-refractivity contribution in [3.05, 3.63) is 0 Å². The number of hydrogen-bond acceptors (Lipinski definition) is 1. The lowest BCUT2D eigenvalue weighted by molar-refractivity contribution is 0.173. The summed E-state index contributed by atoms with van der Waals surface area (Å²) in [5.74, 6) is 1.62. The zero-order valence-corrected chi connectivity index (χ0v) is 11.0. The van der Waals surface area contributed by atoms with E-state index in [1.54, 1.807) is 0 Å². The van der Waals surface area contributed by atoms with E-state index in [1.807, 2.05) is 0 Å². The van der Waals surface area contributed by atoms with Crippen molar-refractivity contribution in [1.29, 1.82) is 0 Å². The monoisotopic (exact) mass is 199 g/mol. The molecule has 0 N–H and O–H groups in total. The van der Waals surface area contributed by atoms with E-state index in [4.69, 9.17) is 0 Å². The van der Waals surface area contributed by atoms with E-state index in [1.165, 1.54) is 25.9 Å². The first-order valence-electron chi connectivity index (χ1n) is 6.21. The predicted molar refractivity (Wildman–Crippen MR) is 65.6 cm³/mol. The second-order valence-corrected chi connectivity index (χ2v) is 5.33. The number of nitrogens with zero attached hydrogens (tertiary/aromatic N) is 1. The lowest BCUT2D eigenvalue weighted by atomic mass is 10.1. The second-order valence-electron chi connectivity index (χ2n) is 5.33. The molecule has 1 nitrogen and oxygen atoms in total. The molecule has 0 rings (SSSR count). The van der Waals surface area contributed by atoms with Crippen LogP contribution in [0.2, 0.25) is 0 Å². The van der Waals surface area contributed by atoms with Crippen LogP contribution in [0.4, 0.5) is 0 Å². The summed E-state index contributed by atoms with van der Waals surface area (Å²) < 4.78 is 0. The molecule has 0 saturated carbocycles. The van der Waals surface area contributed by atoms with Gasteiger partial charge < -0.3 is 4.90 Å². The molecule has 0 saturated heterocycles. The summed E-state index contributed by atoms with van der Waals surface area (Å²) in [7, 11) is 0. The van der Waals surface area contributed by atoms with Gasteiger partial charge in [-0.25, -0.2) is 0 Å². The van der Waals surface area contributed by atoms with Gasteiger partial charge in [-0.05, 0) is 38.1 Å². The molecule has 0 bridgehead atoms. The van der Waals surface area contributed by atoms with Crippen molar-refractivity contribution in [2.24, 2.45) is 11.8 Å². The van der Waals surface area contributed by atoms with Gasteiger partial charge in [0.15, 0.2) is 0 Å². The van der Waals surface area contributed by atoms with Crippen LogP contribution in [0, 0.1) is 11.8 Å². The Morgan fingerprint density at radius 1 is 0.929 bits per heavy atom. The van der Waals surface area contributed by atoms with E-state index in [2.05, 4.69) is 46.4 Å². The Kier molecular flexibility index (Phi) is 7.26. The zero-order chi connectivity index (χ0) is 11.1. The minimum Gasteiger partial charge on any atom is -0.300 e. The smallest absolute Gasteiger partial charge is 0.00644 e. The second kappa shape index (κ2) is 7.28. The first kappa shape index (κ1) is 14.0. The minimum atomic E-state index is 0.746. The third-order valence-electron chi connectivity index (χ3n) is 2.81. The summed E-state index contributed by atoms with van der Waals surface area (Å²) in [4.78, 5) is 2.64. The van der Waals surface area contributed by atoms with Crippen LogP contribution in [0.5, 0.6) is 0 Å². The van der Waals surface area contributed by atoms with Crippen LogP contribution < -0.4 is 0 Å². The van der Waals surface area contributed by atoms with Crippen molar-refractivity contribution in [2.45, 2.75) is 60.4 Å². The van der Waals surface area contributed by atoms with Crippen molar-refractivity contribution < 1.29 is 0 Å². The van der Waals surface area contributed by atoms with E-state index in [9.17, 15) is 0 Å². The third kappa shape index (κ3) is 6.42. The average molecular weight is 199 g/mol. The fraction of sp³-hybridized carbons (Fsp3) is 1.00. The van der Waals surface area contributed by atoms with Crippen molar-refractivity contribution >= 4 is 0 Å². The molecule has 0 aromatic heterocycles. The Balaban J connectivity index is 3.97. The van der Waals surface area contributed by atoms with E-state index >= 15 is 0 Å². The molecule has 0 radical (unpaired) electrons. The highest BCUT2D eigenvalue weighted by molar-refractivity contribution is 4.68. The highest BCUT2D eigenvalue weighted by Crippen LogP contribution is 2.10. The normalized spacial score (nSPS) is 14.4. The van der Waals surface area contributed by atoms with Crippen LogP contribution in [-0.2, 0) is 0 Å². The SMILES string of the molecule is CCC(C)N(CCC(C)C)CC(C)C. The predicted octanol–water partition coefficient (Wildman–Crippen LogP) is 3.79. The molecule has 0 aliphatic heterocycles. The lowest BCUT2D eigenvalue weighted by Crippen LogP contribution is -2.36. The van der Waals surface area contributed by atoms with Gasteiger partial charge in [0.25, 0.3) is 0 Å². The number of rotatable bonds is 7. The molecule has 1 heteroatoms. The first-order chi connectivity index (χ1) is 6.47. The molecule has 0 aromatic rings. The molecule has 1 atom stereocenters. The van der Waals surface area contributed by atoms with Crippen molar-refractivity contribution in [3.63, 3.8) is 0 Å². The summed E-state index contributed by atoms with van der Waals surface area (Å²) in [5, 5.41) is 0. The molecule has 86 valence electrons. The van der Waals surface area contributed by atoms with Gasteiger partial charge in [-0.3, -0.25) is 0 Å². The van der Waals surface area contributed by atoms with E-state index in [0.717, 1.165) is 17.9 Å². The standard InChI is InChI=1S/C13H29N/c1-7-13(6)14(10-12(4)5)9-8-11(2)3/h11-13H,7-10H2,1-6H3. The maximum absolute atomic E-state index is 2.64. The van der Waals surface area contributed by atoms with Crippen molar-refractivity contribution in [1.82, 2.24) is 4.90 Å². The lowest BCUT2D eigenvalue weighted by Gasteiger charge is -2.30. The molecule has 0 amide bonds. The molecule has 0 heterocycles. The average Bonchev–Trinajstić information content (AvgIpc) is 2.10. The van der Waals surface area contributed by atoms with E-state index < -0.39 is 0 Å². The fourth-order valence-electron chi connectivity index (χ4n) is 1.64. The molecule has 0 fully saturated rings. The molecular formula is C13H29N. The van der Waals surface area contributed by atoms with Crippen LogP contribution in [0.1, 0.15) is 54.4 Å². The Labute approximate surface area is 90.9 Å². The summed E-state index contributed by atoms with van der Waals surface area (Å²) in [6.07, 6.45) is 2.60. The highest BCUT2D eigenvalue weighted by atomic mass is 15.1. The largest absolute Gasteiger partial charge is 0.300 e. The third-order valence-corrected chi connectivity index (χ3v) is 2.81. The highest BCUT2D eigenvalue weighted by Gasteiger charge is 2.13. The van der Waals surface area contributed by atoms with Crippen LogP contribution in [0.15, 0.2) is 0 Å². The van der Waals surface area contributed by atoms with Gasteiger partial charge in [-0.1, -0.05) is 34.6 Å². The molecule has 14 heavy (non-hydrogen) atoms. The van der Waals surface area contributed by atoms with Gasteiger partial charge in [-0.2, -0.15) is 0 Å². The molecular weight excluding hydrogens is 170 g/mol. The first-order valence-corrected chi connectivity index (χ1v) is 6.21. The topological polar surface area (TPSA) is 3.24 Å².